The Kier molecular flexibility index (Phi) is 5.54. The number of nitrogens with two attached hydrogens (primary N) is 1. The monoisotopic (exact) mass is 290 g/mol. The van der Waals surface area contributed by atoms with Crippen LogP contribution in [0.5, 0.6) is 0 Å². The van der Waals surface area contributed by atoms with Crippen LogP contribution >= 0.6 is 0 Å². The van der Waals surface area contributed by atoms with Crippen molar-refractivity contribution >= 4 is 10.0 Å². The van der Waals surface area contributed by atoms with Gasteiger partial charge in [-0.25, -0.2) is 13.1 Å². The number of rotatable bonds is 7. The molecule has 0 bridgehead atoms. The molecule has 7 heteroatoms. The minimum atomic E-state index is -3.62. The molecular weight excluding hydrogens is 268 g/mol. The largest absolute Gasteiger partial charge is 0.465 e. The van der Waals surface area contributed by atoms with Gasteiger partial charge in [-0.3, -0.25) is 0 Å². The van der Waals surface area contributed by atoms with Crippen molar-refractivity contribution in [1.29, 1.82) is 0 Å². The number of hydrogen-bond acceptors (Lipinski definition) is 5. The van der Waals surface area contributed by atoms with Crippen LogP contribution in [0, 0.1) is 13.8 Å². The third kappa shape index (κ3) is 3.79. The predicted octanol–water partition coefficient (Wildman–Crippen LogP) is 1.06. The number of aryl methyl sites for hydroxylation is 2. The molecule has 0 spiro atoms. The van der Waals surface area contributed by atoms with E-state index in [1.807, 2.05) is 0 Å². The van der Waals surface area contributed by atoms with Crippen molar-refractivity contribution in [3.05, 3.63) is 17.1 Å². The van der Waals surface area contributed by atoms with Crippen molar-refractivity contribution < 1.29 is 17.6 Å². The van der Waals surface area contributed by atoms with Gasteiger partial charge in [0.05, 0.1) is 0 Å². The molecule has 1 aromatic rings. The van der Waals surface area contributed by atoms with E-state index < -0.39 is 10.0 Å². The van der Waals surface area contributed by atoms with Gasteiger partial charge in [-0.2, -0.15) is 0 Å². The summed E-state index contributed by atoms with van der Waals surface area (Å²) in [6.07, 6.45) is 0.601. The van der Waals surface area contributed by atoms with Crippen LogP contribution in [0.15, 0.2) is 9.31 Å². The molecule has 0 fully saturated rings. The summed E-state index contributed by atoms with van der Waals surface area (Å²) in [4.78, 5) is 0.164. The summed E-state index contributed by atoms with van der Waals surface area (Å²) in [6, 6.07) is -0.217. The Morgan fingerprint density at radius 3 is 2.53 bits per heavy atom. The van der Waals surface area contributed by atoms with Crippen molar-refractivity contribution in [2.75, 3.05) is 13.7 Å². The first kappa shape index (κ1) is 16.2. The number of ether oxygens (including phenoxy) is 1. The molecule has 0 radical (unpaired) electrons. The van der Waals surface area contributed by atoms with Crippen LogP contribution in [-0.2, 0) is 21.3 Å². The van der Waals surface area contributed by atoms with E-state index in [0.29, 0.717) is 30.1 Å². The molecule has 1 heterocycles. The molecule has 1 unspecified atom stereocenters. The van der Waals surface area contributed by atoms with Crippen LogP contribution in [0.1, 0.15) is 30.4 Å². The SMILES string of the molecule is COCCC(C)NS(=O)(=O)c1c(C)oc(C)c1CN. The van der Waals surface area contributed by atoms with Gasteiger partial charge in [-0.1, -0.05) is 0 Å². The Hall–Kier alpha value is -0.890. The lowest BCUT2D eigenvalue weighted by Gasteiger charge is -2.14. The van der Waals surface area contributed by atoms with E-state index >= 15 is 0 Å². The standard InChI is InChI=1S/C12H22N2O4S/c1-8(5-6-17-4)14-19(15,16)12-10(3)18-9(2)11(12)7-13/h8,14H,5-7,13H2,1-4H3. The highest BCUT2D eigenvalue weighted by molar-refractivity contribution is 7.89. The minimum Gasteiger partial charge on any atom is -0.465 e. The molecule has 1 rings (SSSR count). The summed E-state index contributed by atoms with van der Waals surface area (Å²) in [7, 11) is -2.04. The van der Waals surface area contributed by atoms with E-state index in [4.69, 9.17) is 14.9 Å². The third-order valence-electron chi connectivity index (χ3n) is 2.91. The Balaban J connectivity index is 3.01. The van der Waals surface area contributed by atoms with Crippen LogP contribution < -0.4 is 10.5 Å². The Morgan fingerprint density at radius 1 is 1.37 bits per heavy atom. The number of nitrogens with one attached hydrogen (secondary N) is 1. The number of methoxy groups -OCH3 is 1. The topological polar surface area (TPSA) is 94.6 Å². The van der Waals surface area contributed by atoms with Crippen molar-refractivity contribution in [3.63, 3.8) is 0 Å². The maximum absolute atomic E-state index is 12.4. The van der Waals surface area contributed by atoms with Gasteiger partial charge in [0.2, 0.25) is 10.0 Å². The van der Waals surface area contributed by atoms with Gasteiger partial charge in [0.1, 0.15) is 16.4 Å². The summed E-state index contributed by atoms with van der Waals surface area (Å²) >= 11 is 0. The Bertz CT molecular complexity index is 522. The van der Waals surface area contributed by atoms with Gasteiger partial charge >= 0.3 is 0 Å². The molecule has 19 heavy (non-hydrogen) atoms. The number of hydrogen-bond donors (Lipinski definition) is 2. The summed E-state index contributed by atoms with van der Waals surface area (Å²) in [5, 5.41) is 0. The van der Waals surface area contributed by atoms with Gasteiger partial charge in [0.25, 0.3) is 0 Å². The van der Waals surface area contributed by atoms with Crippen molar-refractivity contribution in [2.24, 2.45) is 5.73 Å². The quantitative estimate of drug-likeness (QED) is 0.783. The van der Waals surface area contributed by atoms with Crippen LogP contribution in [0.4, 0.5) is 0 Å². The van der Waals surface area contributed by atoms with Crippen molar-refractivity contribution in [3.8, 4) is 0 Å². The smallest absolute Gasteiger partial charge is 0.244 e. The van der Waals surface area contributed by atoms with E-state index in [1.54, 1.807) is 27.9 Å². The second-order valence-corrected chi connectivity index (χ2v) is 6.18. The number of furan rings is 1. The Labute approximate surface area is 114 Å². The summed E-state index contributed by atoms with van der Waals surface area (Å²) in [5.41, 5.74) is 6.13. The highest BCUT2D eigenvalue weighted by Gasteiger charge is 2.27. The molecule has 0 aliphatic carbocycles. The zero-order valence-electron chi connectivity index (χ0n) is 11.8. The van der Waals surface area contributed by atoms with E-state index in [1.165, 1.54) is 0 Å². The molecule has 1 atom stereocenters. The Morgan fingerprint density at radius 2 is 2.00 bits per heavy atom. The first-order chi connectivity index (χ1) is 8.83. The molecule has 3 N–H and O–H groups in total. The number of sulfonamides is 1. The lowest BCUT2D eigenvalue weighted by molar-refractivity contribution is 0.188. The average Bonchev–Trinajstić information content (AvgIpc) is 2.60. The molecule has 0 aromatic carbocycles. The van der Waals surface area contributed by atoms with Gasteiger partial charge in [-0.05, 0) is 27.2 Å². The fraction of sp³-hybridized carbons (Fsp3) is 0.667. The van der Waals surface area contributed by atoms with Crippen molar-refractivity contribution in [2.45, 2.75) is 44.7 Å². The van der Waals surface area contributed by atoms with Crippen LogP contribution in [0.25, 0.3) is 0 Å². The maximum Gasteiger partial charge on any atom is 0.244 e. The van der Waals surface area contributed by atoms with Crippen molar-refractivity contribution in [1.82, 2.24) is 4.72 Å². The highest BCUT2D eigenvalue weighted by atomic mass is 32.2. The van der Waals surface area contributed by atoms with Gasteiger partial charge < -0.3 is 14.9 Å². The third-order valence-corrected chi connectivity index (χ3v) is 4.69. The molecule has 0 aliphatic rings. The molecule has 0 aliphatic heterocycles. The molecule has 6 nitrogen and oxygen atoms in total. The van der Waals surface area contributed by atoms with Gasteiger partial charge in [0, 0.05) is 31.9 Å². The summed E-state index contributed by atoms with van der Waals surface area (Å²) < 4.78 is 37.6. The average molecular weight is 290 g/mol. The van der Waals surface area contributed by atoms with Crippen LogP contribution in [0.2, 0.25) is 0 Å². The van der Waals surface area contributed by atoms with Gasteiger partial charge in [-0.15, -0.1) is 0 Å². The highest BCUT2D eigenvalue weighted by Crippen LogP contribution is 2.26. The fourth-order valence-corrected chi connectivity index (χ4v) is 3.71. The molecular formula is C12H22N2O4S. The summed E-state index contributed by atoms with van der Waals surface area (Å²) in [6.45, 7) is 5.76. The van der Waals surface area contributed by atoms with Gasteiger partial charge in [0.15, 0.2) is 0 Å². The normalized spacial score (nSPS) is 13.7. The lowest BCUT2D eigenvalue weighted by atomic mass is 10.2. The zero-order valence-corrected chi connectivity index (χ0v) is 12.6. The molecule has 0 saturated carbocycles. The van der Waals surface area contributed by atoms with E-state index in [-0.39, 0.29) is 17.5 Å². The molecule has 0 amide bonds. The van der Waals surface area contributed by atoms with E-state index in [9.17, 15) is 8.42 Å². The molecule has 1 aromatic heterocycles. The fourth-order valence-electron chi connectivity index (χ4n) is 1.98. The lowest BCUT2D eigenvalue weighted by Crippen LogP contribution is -2.34. The predicted molar refractivity (Wildman–Crippen MR) is 72.3 cm³/mol. The van der Waals surface area contributed by atoms with Crippen LogP contribution in [0.3, 0.4) is 0 Å². The van der Waals surface area contributed by atoms with E-state index in [0.717, 1.165) is 0 Å². The molecule has 110 valence electrons. The first-order valence-corrected chi connectivity index (χ1v) is 7.62. The van der Waals surface area contributed by atoms with E-state index in [2.05, 4.69) is 4.72 Å². The second-order valence-electron chi connectivity index (χ2n) is 4.53. The second kappa shape index (κ2) is 6.51. The molecule has 0 saturated heterocycles. The summed E-state index contributed by atoms with van der Waals surface area (Å²) in [5.74, 6) is 0.911. The van der Waals surface area contributed by atoms with Crippen LogP contribution in [-0.4, -0.2) is 28.2 Å². The minimum absolute atomic E-state index is 0.131. The maximum atomic E-state index is 12.4. The zero-order chi connectivity index (χ0) is 14.6. The first-order valence-electron chi connectivity index (χ1n) is 6.13.